The maximum Gasteiger partial charge on any atom is 0.228 e. The average molecular weight is 478 g/mol. The molecule has 1 aromatic heterocycles. The highest BCUT2D eigenvalue weighted by Crippen LogP contribution is 2.15. The van der Waals surface area contributed by atoms with Gasteiger partial charge in [0.05, 0.1) is 6.04 Å². The molecule has 0 radical (unpaired) electrons. The van der Waals surface area contributed by atoms with E-state index in [2.05, 4.69) is 32.7 Å². The summed E-state index contributed by atoms with van der Waals surface area (Å²) in [6.07, 6.45) is 0.649. The molecule has 138 valence electrons. The Kier molecular flexibility index (Phi) is 9.20. The molecule has 1 aromatic carbocycles. The third-order valence-corrected chi connectivity index (χ3v) is 3.83. The van der Waals surface area contributed by atoms with Gasteiger partial charge in [-0.3, -0.25) is 4.99 Å². The van der Waals surface area contributed by atoms with Gasteiger partial charge in [0.2, 0.25) is 5.89 Å². The summed E-state index contributed by atoms with van der Waals surface area (Å²) in [7, 11) is 1.74. The predicted molar refractivity (Wildman–Crippen MR) is 112 cm³/mol. The van der Waals surface area contributed by atoms with Crippen LogP contribution in [0.5, 0.6) is 0 Å². The molecule has 2 aromatic rings. The maximum absolute atomic E-state index is 5.92. The number of aliphatic imine (C=N–C) groups is 1. The summed E-state index contributed by atoms with van der Waals surface area (Å²) in [5.41, 5.74) is 1.14. The van der Waals surface area contributed by atoms with E-state index in [-0.39, 0.29) is 35.9 Å². The second-order valence-electron chi connectivity index (χ2n) is 5.87. The van der Waals surface area contributed by atoms with Gasteiger partial charge in [-0.15, -0.1) is 24.0 Å². The van der Waals surface area contributed by atoms with Crippen LogP contribution in [0.4, 0.5) is 0 Å². The van der Waals surface area contributed by atoms with Crippen LogP contribution in [-0.2, 0) is 6.42 Å². The Morgan fingerprint density at radius 1 is 1.24 bits per heavy atom. The topological polar surface area (TPSA) is 75.3 Å². The quantitative estimate of drug-likeness (QED) is 0.374. The molecule has 1 heterocycles. The van der Waals surface area contributed by atoms with Gasteiger partial charge < -0.3 is 15.2 Å². The van der Waals surface area contributed by atoms with E-state index >= 15 is 0 Å². The van der Waals surface area contributed by atoms with Crippen molar-refractivity contribution in [2.75, 3.05) is 13.6 Å². The van der Waals surface area contributed by atoms with Crippen molar-refractivity contribution >= 4 is 41.5 Å². The normalized spacial score (nSPS) is 12.6. The van der Waals surface area contributed by atoms with Crippen molar-refractivity contribution in [1.29, 1.82) is 0 Å². The summed E-state index contributed by atoms with van der Waals surface area (Å²) in [5, 5.41) is 11.3. The Morgan fingerprint density at radius 3 is 2.48 bits per heavy atom. The van der Waals surface area contributed by atoms with Crippen molar-refractivity contribution in [3.05, 3.63) is 46.6 Å². The summed E-state index contributed by atoms with van der Waals surface area (Å²) in [5.74, 6) is 2.36. The fraction of sp³-hybridized carbons (Fsp3) is 0.471. The lowest BCUT2D eigenvalue weighted by Crippen LogP contribution is -2.39. The first-order valence-corrected chi connectivity index (χ1v) is 8.42. The van der Waals surface area contributed by atoms with Gasteiger partial charge in [-0.05, 0) is 24.6 Å². The Morgan fingerprint density at radius 2 is 1.92 bits per heavy atom. The minimum atomic E-state index is 0. The lowest BCUT2D eigenvalue weighted by atomic mass is 10.1. The lowest BCUT2D eigenvalue weighted by Gasteiger charge is -2.18. The second-order valence-corrected chi connectivity index (χ2v) is 6.30. The molecule has 0 aliphatic carbocycles. The Bertz CT molecular complexity index is 672. The van der Waals surface area contributed by atoms with Crippen molar-refractivity contribution in [3.8, 4) is 0 Å². The standard InChI is InChI=1S/C17H24ClN5O.HI/c1-11(2)16-22-15(24-23-16)9-10-20-17(19-4)21-12(3)13-5-7-14(18)8-6-13;/h5-8,11-12H,9-10H2,1-4H3,(H2,19,20,21);1H. The minimum Gasteiger partial charge on any atom is -0.356 e. The zero-order chi connectivity index (χ0) is 17.5. The highest BCUT2D eigenvalue weighted by atomic mass is 127. The van der Waals surface area contributed by atoms with Gasteiger partial charge in [-0.25, -0.2) is 0 Å². The van der Waals surface area contributed by atoms with Gasteiger partial charge in [0, 0.05) is 31.0 Å². The molecule has 0 aliphatic rings. The molecule has 0 saturated carbocycles. The Hall–Kier alpha value is -1.35. The van der Waals surface area contributed by atoms with Crippen LogP contribution in [-0.4, -0.2) is 29.7 Å². The summed E-state index contributed by atoms with van der Waals surface area (Å²) in [6.45, 7) is 6.81. The van der Waals surface area contributed by atoms with E-state index in [1.54, 1.807) is 7.05 Å². The third-order valence-electron chi connectivity index (χ3n) is 3.58. The van der Waals surface area contributed by atoms with E-state index in [1.165, 1.54) is 0 Å². The van der Waals surface area contributed by atoms with Gasteiger partial charge in [-0.1, -0.05) is 42.7 Å². The molecule has 2 rings (SSSR count). The number of halogens is 2. The molecule has 0 saturated heterocycles. The first kappa shape index (κ1) is 21.7. The molecule has 25 heavy (non-hydrogen) atoms. The van der Waals surface area contributed by atoms with Gasteiger partial charge in [0.25, 0.3) is 0 Å². The van der Waals surface area contributed by atoms with Crippen molar-refractivity contribution in [1.82, 2.24) is 20.8 Å². The third kappa shape index (κ3) is 6.81. The molecule has 6 nitrogen and oxygen atoms in total. The van der Waals surface area contributed by atoms with Gasteiger partial charge in [-0.2, -0.15) is 4.98 Å². The molecular weight excluding hydrogens is 453 g/mol. The zero-order valence-corrected chi connectivity index (χ0v) is 18.0. The molecule has 1 atom stereocenters. The van der Waals surface area contributed by atoms with E-state index in [9.17, 15) is 0 Å². The first-order chi connectivity index (χ1) is 11.5. The van der Waals surface area contributed by atoms with Crippen molar-refractivity contribution < 1.29 is 4.52 Å². The molecule has 2 N–H and O–H groups in total. The van der Waals surface area contributed by atoms with Crippen LogP contribution in [0.1, 0.15) is 50.0 Å². The number of guanidine groups is 1. The number of rotatable bonds is 6. The first-order valence-electron chi connectivity index (χ1n) is 8.04. The molecule has 0 bridgehead atoms. The molecular formula is C17H25ClIN5O. The van der Waals surface area contributed by atoms with Crippen LogP contribution >= 0.6 is 35.6 Å². The molecule has 1 unspecified atom stereocenters. The van der Waals surface area contributed by atoms with Crippen LogP contribution in [0.15, 0.2) is 33.8 Å². The lowest BCUT2D eigenvalue weighted by molar-refractivity contribution is 0.371. The fourth-order valence-corrected chi connectivity index (χ4v) is 2.25. The van der Waals surface area contributed by atoms with Crippen molar-refractivity contribution in [2.45, 2.75) is 39.2 Å². The van der Waals surface area contributed by atoms with Crippen LogP contribution in [0.25, 0.3) is 0 Å². The van der Waals surface area contributed by atoms with E-state index in [4.69, 9.17) is 16.1 Å². The average Bonchev–Trinajstić information content (AvgIpc) is 3.03. The van der Waals surface area contributed by atoms with E-state index in [0.29, 0.717) is 18.9 Å². The fourth-order valence-electron chi connectivity index (χ4n) is 2.13. The number of nitrogens with zero attached hydrogens (tertiary/aromatic N) is 3. The predicted octanol–water partition coefficient (Wildman–Crippen LogP) is 3.93. The Balaban J connectivity index is 0.00000312. The van der Waals surface area contributed by atoms with Gasteiger partial charge in [0.1, 0.15) is 0 Å². The minimum absolute atomic E-state index is 0. The number of hydrogen-bond donors (Lipinski definition) is 2. The molecule has 0 amide bonds. The highest BCUT2D eigenvalue weighted by molar-refractivity contribution is 14.0. The number of hydrogen-bond acceptors (Lipinski definition) is 4. The van der Waals surface area contributed by atoms with E-state index in [1.807, 2.05) is 38.1 Å². The Labute approximate surface area is 170 Å². The van der Waals surface area contributed by atoms with E-state index in [0.717, 1.165) is 22.4 Å². The van der Waals surface area contributed by atoms with Crippen LogP contribution < -0.4 is 10.6 Å². The molecule has 0 spiro atoms. The molecule has 8 heteroatoms. The molecule has 0 fully saturated rings. The zero-order valence-electron chi connectivity index (χ0n) is 14.9. The number of nitrogens with one attached hydrogen (secondary N) is 2. The van der Waals surface area contributed by atoms with Gasteiger partial charge >= 0.3 is 0 Å². The van der Waals surface area contributed by atoms with E-state index < -0.39 is 0 Å². The number of benzene rings is 1. The largest absolute Gasteiger partial charge is 0.356 e. The summed E-state index contributed by atoms with van der Waals surface area (Å²) >= 11 is 5.92. The summed E-state index contributed by atoms with van der Waals surface area (Å²) in [6, 6.07) is 7.88. The molecule has 0 aliphatic heterocycles. The second kappa shape index (κ2) is 10.6. The van der Waals surface area contributed by atoms with Gasteiger partial charge in [0.15, 0.2) is 11.8 Å². The van der Waals surface area contributed by atoms with Crippen LogP contribution in [0.3, 0.4) is 0 Å². The SMILES string of the molecule is CN=C(NCCc1nc(C(C)C)no1)NC(C)c1ccc(Cl)cc1.I. The van der Waals surface area contributed by atoms with Crippen molar-refractivity contribution in [2.24, 2.45) is 4.99 Å². The maximum atomic E-state index is 5.92. The summed E-state index contributed by atoms with van der Waals surface area (Å²) in [4.78, 5) is 8.60. The van der Waals surface area contributed by atoms with Crippen LogP contribution in [0.2, 0.25) is 5.02 Å². The highest BCUT2D eigenvalue weighted by Gasteiger charge is 2.10. The van der Waals surface area contributed by atoms with Crippen molar-refractivity contribution in [3.63, 3.8) is 0 Å². The smallest absolute Gasteiger partial charge is 0.228 e. The number of aromatic nitrogens is 2. The monoisotopic (exact) mass is 477 g/mol. The summed E-state index contributed by atoms with van der Waals surface area (Å²) < 4.78 is 5.23. The van der Waals surface area contributed by atoms with Crippen LogP contribution in [0, 0.1) is 0 Å².